The van der Waals surface area contributed by atoms with E-state index in [1.54, 1.807) is 0 Å². The Balaban J connectivity index is 1.65. The molecule has 1 heterocycles. The molecule has 1 aromatic heterocycles. The number of likely N-dealkylation sites (N-methyl/N-ethyl adjacent to an activating group) is 1. The fourth-order valence-electron chi connectivity index (χ4n) is 3.52. The van der Waals surface area contributed by atoms with Crippen LogP contribution in [0.5, 0.6) is 5.75 Å². The molecular weight excluding hydrogens is 320 g/mol. The van der Waals surface area contributed by atoms with E-state index in [9.17, 15) is 0 Å². The number of hydrogen-bond donors (Lipinski definition) is 0. The maximum atomic E-state index is 6.26. The highest BCUT2D eigenvalue weighted by Gasteiger charge is 2.23. The topological polar surface area (TPSA) is 17.4 Å². The Morgan fingerprint density at radius 2 is 1.85 bits per heavy atom. The van der Waals surface area contributed by atoms with Crippen molar-refractivity contribution in [2.45, 2.75) is 32.4 Å². The monoisotopic (exact) mass is 348 g/mol. The zero-order valence-corrected chi connectivity index (χ0v) is 15.8. The Morgan fingerprint density at radius 1 is 1.04 bits per heavy atom. The van der Waals surface area contributed by atoms with Crippen molar-refractivity contribution >= 4 is 10.9 Å². The molecule has 3 aromatic rings. The molecule has 3 nitrogen and oxygen atoms in total. The van der Waals surface area contributed by atoms with E-state index in [-0.39, 0.29) is 0 Å². The molecule has 0 bridgehead atoms. The minimum absolute atomic E-state index is 0.612. The second-order valence-corrected chi connectivity index (χ2v) is 7.73. The standard InChI is InChI=1S/C23H28N2O/c1-24(2)14-13-20-16-25(15-18-11-12-18)21-9-6-10-22(23(20)21)26-17-19-7-4-3-5-8-19/h3-10,16,18H,11-15,17H2,1-2H3. The summed E-state index contributed by atoms with van der Waals surface area (Å²) in [6.45, 7) is 2.80. The largest absolute Gasteiger partial charge is 0.488 e. The Kier molecular flexibility index (Phi) is 4.98. The van der Waals surface area contributed by atoms with Crippen molar-refractivity contribution in [2.24, 2.45) is 5.92 Å². The Hall–Kier alpha value is -2.26. The summed E-state index contributed by atoms with van der Waals surface area (Å²) in [5.74, 6) is 1.87. The summed E-state index contributed by atoms with van der Waals surface area (Å²) in [5, 5.41) is 1.30. The fraction of sp³-hybridized carbons (Fsp3) is 0.391. The molecule has 0 spiro atoms. The molecule has 0 unspecified atom stereocenters. The van der Waals surface area contributed by atoms with Crippen molar-refractivity contribution < 1.29 is 4.74 Å². The summed E-state index contributed by atoms with van der Waals surface area (Å²) in [5.41, 5.74) is 3.92. The quantitative estimate of drug-likeness (QED) is 0.585. The van der Waals surface area contributed by atoms with Gasteiger partial charge in [0.1, 0.15) is 12.4 Å². The molecule has 3 heteroatoms. The number of ether oxygens (including phenoxy) is 1. The molecule has 0 saturated heterocycles. The lowest BCUT2D eigenvalue weighted by atomic mass is 10.1. The van der Waals surface area contributed by atoms with Gasteiger partial charge in [-0.3, -0.25) is 0 Å². The van der Waals surface area contributed by atoms with Crippen LogP contribution >= 0.6 is 0 Å². The van der Waals surface area contributed by atoms with E-state index in [0.29, 0.717) is 6.61 Å². The van der Waals surface area contributed by atoms with Crippen LogP contribution in [0.1, 0.15) is 24.0 Å². The van der Waals surface area contributed by atoms with Crippen LogP contribution in [0, 0.1) is 5.92 Å². The van der Waals surface area contributed by atoms with Gasteiger partial charge in [-0.1, -0.05) is 36.4 Å². The summed E-state index contributed by atoms with van der Waals surface area (Å²) in [6, 6.07) is 16.9. The van der Waals surface area contributed by atoms with Gasteiger partial charge in [0.2, 0.25) is 0 Å². The van der Waals surface area contributed by atoms with Crippen molar-refractivity contribution in [3.8, 4) is 5.75 Å². The van der Waals surface area contributed by atoms with E-state index in [2.05, 4.69) is 72.2 Å². The highest BCUT2D eigenvalue weighted by molar-refractivity contribution is 5.90. The third-order valence-electron chi connectivity index (χ3n) is 5.16. The zero-order chi connectivity index (χ0) is 17.9. The molecule has 1 aliphatic rings. The van der Waals surface area contributed by atoms with Gasteiger partial charge in [-0.2, -0.15) is 0 Å². The van der Waals surface area contributed by atoms with Crippen LogP contribution in [0.25, 0.3) is 10.9 Å². The van der Waals surface area contributed by atoms with Gasteiger partial charge in [-0.05, 0) is 62.5 Å². The first-order valence-corrected chi connectivity index (χ1v) is 9.63. The van der Waals surface area contributed by atoms with Crippen molar-refractivity contribution in [1.82, 2.24) is 9.47 Å². The number of aromatic nitrogens is 1. The van der Waals surface area contributed by atoms with Gasteiger partial charge < -0.3 is 14.2 Å². The van der Waals surface area contributed by atoms with Gasteiger partial charge in [0.05, 0.1) is 5.52 Å². The van der Waals surface area contributed by atoms with Crippen LogP contribution in [0.2, 0.25) is 0 Å². The van der Waals surface area contributed by atoms with Gasteiger partial charge in [-0.15, -0.1) is 0 Å². The van der Waals surface area contributed by atoms with E-state index < -0.39 is 0 Å². The maximum absolute atomic E-state index is 6.26. The highest BCUT2D eigenvalue weighted by Crippen LogP contribution is 2.36. The van der Waals surface area contributed by atoms with Crippen molar-refractivity contribution in [3.63, 3.8) is 0 Å². The molecule has 0 radical (unpaired) electrons. The molecule has 1 fully saturated rings. The van der Waals surface area contributed by atoms with Gasteiger partial charge in [-0.25, -0.2) is 0 Å². The number of benzene rings is 2. The summed E-state index contributed by atoms with van der Waals surface area (Å²) < 4.78 is 8.71. The SMILES string of the molecule is CN(C)CCc1cn(CC2CC2)c2cccc(OCc3ccccc3)c12. The highest BCUT2D eigenvalue weighted by atomic mass is 16.5. The number of hydrogen-bond acceptors (Lipinski definition) is 2. The molecule has 0 N–H and O–H groups in total. The van der Waals surface area contributed by atoms with Gasteiger partial charge >= 0.3 is 0 Å². The molecule has 26 heavy (non-hydrogen) atoms. The van der Waals surface area contributed by atoms with Crippen molar-refractivity contribution in [3.05, 3.63) is 65.9 Å². The molecule has 1 saturated carbocycles. The zero-order valence-electron chi connectivity index (χ0n) is 15.8. The fourth-order valence-corrected chi connectivity index (χ4v) is 3.52. The van der Waals surface area contributed by atoms with Crippen LogP contribution < -0.4 is 4.74 Å². The van der Waals surface area contributed by atoms with Crippen molar-refractivity contribution in [2.75, 3.05) is 20.6 Å². The van der Waals surface area contributed by atoms with Gasteiger partial charge in [0.15, 0.2) is 0 Å². The summed E-state index contributed by atoms with van der Waals surface area (Å²) >= 11 is 0. The second kappa shape index (κ2) is 7.55. The molecule has 0 aliphatic heterocycles. The van der Waals surface area contributed by atoms with E-state index in [1.807, 2.05) is 6.07 Å². The lowest BCUT2D eigenvalue weighted by Crippen LogP contribution is -2.15. The second-order valence-electron chi connectivity index (χ2n) is 7.73. The first-order chi connectivity index (χ1) is 12.7. The molecular formula is C23H28N2O. The summed E-state index contributed by atoms with van der Waals surface area (Å²) in [4.78, 5) is 2.25. The van der Waals surface area contributed by atoms with Crippen LogP contribution in [-0.2, 0) is 19.6 Å². The number of rotatable bonds is 8. The minimum Gasteiger partial charge on any atom is -0.488 e. The normalized spacial score (nSPS) is 14.3. The molecule has 2 aromatic carbocycles. The summed E-state index contributed by atoms with van der Waals surface area (Å²) in [7, 11) is 4.27. The number of nitrogens with zero attached hydrogens (tertiary/aromatic N) is 2. The third-order valence-corrected chi connectivity index (χ3v) is 5.16. The molecule has 4 rings (SSSR count). The van der Waals surface area contributed by atoms with E-state index in [4.69, 9.17) is 4.74 Å². The average Bonchev–Trinajstić information content (AvgIpc) is 3.40. The molecule has 136 valence electrons. The van der Waals surface area contributed by atoms with Gasteiger partial charge in [0, 0.05) is 24.7 Å². The van der Waals surface area contributed by atoms with E-state index >= 15 is 0 Å². The minimum atomic E-state index is 0.612. The van der Waals surface area contributed by atoms with Crippen molar-refractivity contribution in [1.29, 1.82) is 0 Å². The van der Waals surface area contributed by atoms with Crippen LogP contribution in [0.4, 0.5) is 0 Å². The lowest BCUT2D eigenvalue weighted by molar-refractivity contribution is 0.310. The predicted molar refractivity (Wildman–Crippen MR) is 108 cm³/mol. The Labute approximate surface area is 156 Å². The predicted octanol–water partition coefficient (Wildman–Crippen LogP) is 4.73. The van der Waals surface area contributed by atoms with Crippen LogP contribution in [-0.4, -0.2) is 30.1 Å². The van der Waals surface area contributed by atoms with Gasteiger partial charge in [0.25, 0.3) is 0 Å². The Morgan fingerprint density at radius 3 is 2.58 bits per heavy atom. The van der Waals surface area contributed by atoms with E-state index in [0.717, 1.165) is 31.2 Å². The first kappa shape index (κ1) is 17.2. The third kappa shape index (κ3) is 3.94. The van der Waals surface area contributed by atoms with Crippen LogP contribution in [0.15, 0.2) is 54.7 Å². The lowest BCUT2D eigenvalue weighted by Gasteiger charge is -2.11. The Bertz CT molecular complexity index is 863. The average molecular weight is 348 g/mol. The first-order valence-electron chi connectivity index (χ1n) is 9.63. The smallest absolute Gasteiger partial charge is 0.129 e. The molecule has 0 atom stereocenters. The number of fused-ring (bicyclic) bond motifs is 1. The molecule has 1 aliphatic carbocycles. The molecule has 0 amide bonds. The van der Waals surface area contributed by atoms with E-state index in [1.165, 1.54) is 34.9 Å². The van der Waals surface area contributed by atoms with Crippen LogP contribution in [0.3, 0.4) is 0 Å². The maximum Gasteiger partial charge on any atom is 0.129 e. The summed E-state index contributed by atoms with van der Waals surface area (Å²) in [6.07, 6.45) is 6.16.